The molecular formula is C22H26ClN5S. The minimum absolute atomic E-state index is 0.508. The van der Waals surface area contributed by atoms with Gasteiger partial charge in [0.2, 0.25) is 0 Å². The topological polar surface area (TPSA) is 37.2 Å². The van der Waals surface area contributed by atoms with Crippen LogP contribution in [-0.2, 0) is 13.0 Å². The second-order valence-corrected chi connectivity index (χ2v) is 9.42. The van der Waals surface area contributed by atoms with Gasteiger partial charge < -0.3 is 14.4 Å². The molecule has 0 aliphatic carbocycles. The van der Waals surface area contributed by atoms with Crippen molar-refractivity contribution in [3.8, 4) is 11.4 Å². The number of anilines is 1. The average Bonchev–Trinajstić information content (AvgIpc) is 3.36. The van der Waals surface area contributed by atoms with Gasteiger partial charge in [-0.3, -0.25) is 0 Å². The summed E-state index contributed by atoms with van der Waals surface area (Å²) in [6.07, 6.45) is 3.39. The van der Waals surface area contributed by atoms with Crippen molar-refractivity contribution in [2.75, 3.05) is 38.1 Å². The minimum Gasteiger partial charge on any atom is -0.364 e. The predicted octanol–water partition coefficient (Wildman–Crippen LogP) is 4.53. The van der Waals surface area contributed by atoms with Crippen LogP contribution in [0.1, 0.15) is 30.1 Å². The summed E-state index contributed by atoms with van der Waals surface area (Å²) in [7, 11) is 2.17. The summed E-state index contributed by atoms with van der Waals surface area (Å²) in [4.78, 5) is 4.92. The Balaban J connectivity index is 1.24. The Morgan fingerprint density at radius 3 is 2.62 bits per heavy atom. The maximum absolute atomic E-state index is 5.99. The van der Waals surface area contributed by atoms with E-state index in [0.717, 1.165) is 62.8 Å². The molecule has 7 heteroatoms. The number of rotatable bonds is 4. The molecule has 0 unspecified atom stereocenters. The third-order valence-corrected chi connectivity index (χ3v) is 7.53. The van der Waals surface area contributed by atoms with E-state index in [-0.39, 0.29) is 0 Å². The third kappa shape index (κ3) is 3.81. The first kappa shape index (κ1) is 19.1. The highest BCUT2D eigenvalue weighted by Crippen LogP contribution is 2.38. The lowest BCUT2D eigenvalue weighted by molar-refractivity contribution is 0.209. The van der Waals surface area contributed by atoms with E-state index in [1.165, 1.54) is 22.0 Å². The van der Waals surface area contributed by atoms with Crippen LogP contribution in [0.2, 0.25) is 5.02 Å². The van der Waals surface area contributed by atoms with Crippen LogP contribution >= 0.6 is 22.9 Å². The van der Waals surface area contributed by atoms with Gasteiger partial charge >= 0.3 is 0 Å². The Morgan fingerprint density at radius 1 is 1.03 bits per heavy atom. The molecule has 0 atom stereocenters. The lowest BCUT2D eigenvalue weighted by atomic mass is 9.95. The van der Waals surface area contributed by atoms with E-state index >= 15 is 0 Å². The van der Waals surface area contributed by atoms with Gasteiger partial charge in [-0.05, 0) is 61.5 Å². The van der Waals surface area contributed by atoms with E-state index in [4.69, 9.17) is 11.6 Å². The van der Waals surface area contributed by atoms with E-state index < -0.39 is 0 Å². The zero-order chi connectivity index (χ0) is 19.8. The van der Waals surface area contributed by atoms with E-state index in [2.05, 4.69) is 55.2 Å². The van der Waals surface area contributed by atoms with Crippen LogP contribution in [0.4, 0.5) is 5.00 Å². The van der Waals surface area contributed by atoms with Gasteiger partial charge in [-0.25, -0.2) is 0 Å². The second kappa shape index (κ2) is 8.09. The summed E-state index contributed by atoms with van der Waals surface area (Å²) >= 11 is 7.78. The molecule has 0 saturated carbocycles. The van der Waals surface area contributed by atoms with Gasteiger partial charge in [0.25, 0.3) is 0 Å². The smallest absolute Gasteiger partial charge is 0.167 e. The summed E-state index contributed by atoms with van der Waals surface area (Å²) in [5.74, 6) is 2.74. The Bertz CT molecular complexity index is 972. The third-order valence-electron chi connectivity index (χ3n) is 6.25. The predicted molar refractivity (Wildman–Crippen MR) is 120 cm³/mol. The lowest BCUT2D eigenvalue weighted by Crippen LogP contribution is -2.35. The average molecular weight is 428 g/mol. The number of likely N-dealkylation sites (N-methyl/N-ethyl adjacent to an activating group) is 1. The summed E-state index contributed by atoms with van der Waals surface area (Å²) in [6.45, 7) is 5.33. The normalized spacial score (nSPS) is 17.8. The van der Waals surface area contributed by atoms with E-state index in [1.54, 1.807) is 11.3 Å². The van der Waals surface area contributed by atoms with Crippen LogP contribution in [0.25, 0.3) is 11.4 Å². The number of thiophene rings is 1. The Hall–Kier alpha value is -1.89. The largest absolute Gasteiger partial charge is 0.364 e. The number of nitrogens with zero attached hydrogens (tertiary/aromatic N) is 5. The maximum atomic E-state index is 5.99. The number of benzene rings is 1. The summed E-state index contributed by atoms with van der Waals surface area (Å²) in [6, 6.07) is 10.4. The highest BCUT2D eigenvalue weighted by atomic mass is 35.5. The minimum atomic E-state index is 0.508. The number of aromatic nitrogens is 3. The first-order valence-corrected chi connectivity index (χ1v) is 11.6. The first-order chi connectivity index (χ1) is 14.2. The van der Waals surface area contributed by atoms with Crippen molar-refractivity contribution in [2.24, 2.45) is 0 Å². The molecule has 5 rings (SSSR count). The molecular weight excluding hydrogens is 402 g/mol. The number of hydrogen-bond acceptors (Lipinski definition) is 5. The van der Waals surface area contributed by atoms with Crippen LogP contribution in [0.15, 0.2) is 35.7 Å². The molecule has 1 aromatic carbocycles. The maximum Gasteiger partial charge on any atom is 0.167 e. The van der Waals surface area contributed by atoms with Gasteiger partial charge in [0.05, 0.1) is 5.56 Å². The second-order valence-electron chi connectivity index (χ2n) is 8.09. The molecule has 1 fully saturated rings. The van der Waals surface area contributed by atoms with Crippen molar-refractivity contribution < 1.29 is 0 Å². The fourth-order valence-corrected chi connectivity index (χ4v) is 5.53. The zero-order valence-corrected chi connectivity index (χ0v) is 18.3. The molecule has 5 nitrogen and oxygen atoms in total. The van der Waals surface area contributed by atoms with Crippen molar-refractivity contribution in [1.29, 1.82) is 0 Å². The van der Waals surface area contributed by atoms with Crippen molar-refractivity contribution in [3.63, 3.8) is 0 Å². The summed E-state index contributed by atoms with van der Waals surface area (Å²) in [5, 5.41) is 13.5. The fourth-order valence-electron chi connectivity index (χ4n) is 4.51. The quantitative estimate of drug-likeness (QED) is 0.612. The molecule has 4 heterocycles. The molecule has 0 radical (unpaired) electrons. The van der Waals surface area contributed by atoms with Crippen LogP contribution in [0, 0.1) is 0 Å². The molecule has 3 aromatic rings. The molecule has 0 N–H and O–H groups in total. The molecule has 2 aliphatic rings. The van der Waals surface area contributed by atoms with Crippen LogP contribution in [0.5, 0.6) is 0 Å². The Labute approximate surface area is 180 Å². The van der Waals surface area contributed by atoms with Crippen LogP contribution in [0.3, 0.4) is 0 Å². The van der Waals surface area contributed by atoms with Crippen molar-refractivity contribution in [1.82, 2.24) is 19.7 Å². The molecule has 0 amide bonds. The SMILES string of the molecule is CN1CCn2c(nnc2C2CCN(CCc3ccc(Cl)cc3)CC2)-c2ccsc21. The van der Waals surface area contributed by atoms with E-state index in [9.17, 15) is 0 Å². The lowest BCUT2D eigenvalue weighted by Gasteiger charge is -2.31. The summed E-state index contributed by atoms with van der Waals surface area (Å²) < 4.78 is 2.38. The molecule has 2 aromatic heterocycles. The monoisotopic (exact) mass is 427 g/mol. The number of hydrogen-bond donors (Lipinski definition) is 0. The van der Waals surface area contributed by atoms with Gasteiger partial charge in [0.1, 0.15) is 10.8 Å². The van der Waals surface area contributed by atoms with Crippen molar-refractivity contribution in [2.45, 2.75) is 31.7 Å². The Kier molecular flexibility index (Phi) is 5.33. The number of fused-ring (bicyclic) bond motifs is 3. The van der Waals surface area contributed by atoms with Crippen LogP contribution < -0.4 is 4.90 Å². The molecule has 0 spiro atoms. The molecule has 2 aliphatic heterocycles. The number of piperidine rings is 1. The van der Waals surface area contributed by atoms with Gasteiger partial charge in [-0.1, -0.05) is 23.7 Å². The standard InChI is InChI=1S/C22H26ClN5S/c1-26-13-14-28-20(24-25-21(28)19-9-15-29-22(19)26)17-7-11-27(12-8-17)10-6-16-2-4-18(23)5-3-16/h2-5,9,15,17H,6-8,10-14H2,1H3. The van der Waals surface area contributed by atoms with Gasteiger partial charge in [0, 0.05) is 37.6 Å². The highest BCUT2D eigenvalue weighted by molar-refractivity contribution is 7.14. The van der Waals surface area contributed by atoms with Crippen LogP contribution in [-0.4, -0.2) is 52.9 Å². The fraction of sp³-hybridized carbons (Fsp3) is 0.455. The molecule has 152 valence electrons. The van der Waals surface area contributed by atoms with Gasteiger partial charge in [-0.2, -0.15) is 0 Å². The molecule has 0 bridgehead atoms. The summed E-state index contributed by atoms with van der Waals surface area (Å²) in [5.41, 5.74) is 2.59. The van der Waals surface area contributed by atoms with Gasteiger partial charge in [-0.15, -0.1) is 21.5 Å². The van der Waals surface area contributed by atoms with Crippen molar-refractivity contribution >= 4 is 27.9 Å². The highest BCUT2D eigenvalue weighted by Gasteiger charge is 2.29. The zero-order valence-electron chi connectivity index (χ0n) is 16.7. The van der Waals surface area contributed by atoms with Gasteiger partial charge in [0.15, 0.2) is 5.82 Å². The molecule has 1 saturated heterocycles. The van der Waals surface area contributed by atoms with Crippen molar-refractivity contribution in [3.05, 3.63) is 52.1 Å². The Morgan fingerprint density at radius 2 is 1.83 bits per heavy atom. The number of likely N-dealkylation sites (tertiary alicyclic amines) is 1. The van der Waals surface area contributed by atoms with E-state index in [1.807, 2.05) is 12.1 Å². The first-order valence-electron chi connectivity index (χ1n) is 10.4. The number of halogens is 1. The van der Waals surface area contributed by atoms with E-state index in [0.29, 0.717) is 5.92 Å². The molecule has 29 heavy (non-hydrogen) atoms.